The summed E-state index contributed by atoms with van der Waals surface area (Å²) in [5.41, 5.74) is -1.23. The monoisotopic (exact) mass is 287 g/mol. The van der Waals surface area contributed by atoms with Gasteiger partial charge in [0.05, 0.1) is 18.2 Å². The fraction of sp³-hybridized carbons (Fsp3) is 0.385. The minimum Gasteiger partial charge on any atom is -0.438 e. The lowest BCUT2D eigenvalue weighted by atomic mass is 10.1. The van der Waals surface area contributed by atoms with E-state index in [1.165, 1.54) is 0 Å². The van der Waals surface area contributed by atoms with E-state index in [0.29, 0.717) is 6.07 Å². The van der Waals surface area contributed by atoms with Gasteiger partial charge in [0.15, 0.2) is 0 Å². The molecule has 1 amide bonds. The van der Waals surface area contributed by atoms with Crippen LogP contribution >= 0.6 is 0 Å². The third kappa shape index (κ3) is 4.49. The van der Waals surface area contributed by atoms with E-state index in [4.69, 9.17) is 4.74 Å². The summed E-state index contributed by atoms with van der Waals surface area (Å²) in [5, 5.41) is 2.48. The van der Waals surface area contributed by atoms with Gasteiger partial charge in [-0.25, -0.2) is 13.6 Å². The molecule has 0 aliphatic rings. The lowest BCUT2D eigenvalue weighted by molar-refractivity contribution is 0.0499. The lowest BCUT2D eigenvalue weighted by Crippen LogP contribution is -2.47. The second-order valence-electron chi connectivity index (χ2n) is 4.70. The van der Waals surface area contributed by atoms with Crippen LogP contribution in [0.5, 0.6) is 0 Å². The Hall–Kier alpha value is -2.18. The molecule has 0 atom stereocenters. The van der Waals surface area contributed by atoms with Crippen LogP contribution in [0.3, 0.4) is 0 Å². The molecule has 1 rings (SSSR count). The fourth-order valence-electron chi connectivity index (χ4n) is 1.38. The number of carbonyl (C=O) groups is 2. The summed E-state index contributed by atoms with van der Waals surface area (Å²) >= 11 is 0. The summed E-state index contributed by atoms with van der Waals surface area (Å²) in [7, 11) is 1.15. The normalized spacial score (nSPS) is 10.8. The highest BCUT2D eigenvalue weighted by molar-refractivity contribution is 5.94. The average Bonchev–Trinajstić information content (AvgIpc) is 2.35. The Morgan fingerprint density at radius 2 is 1.95 bits per heavy atom. The molecule has 0 saturated carbocycles. The van der Waals surface area contributed by atoms with Crippen molar-refractivity contribution in [1.82, 2.24) is 5.32 Å². The molecule has 0 aromatic heterocycles. The maximum atomic E-state index is 13.4. The number of halogens is 2. The third-order valence-electron chi connectivity index (χ3n) is 2.35. The summed E-state index contributed by atoms with van der Waals surface area (Å²) in [6.45, 7) is 3.00. The summed E-state index contributed by atoms with van der Waals surface area (Å²) in [4.78, 5) is 22.7. The topological polar surface area (TPSA) is 64.6 Å². The third-order valence-corrected chi connectivity index (χ3v) is 2.35. The van der Waals surface area contributed by atoms with Gasteiger partial charge in [0, 0.05) is 6.07 Å². The lowest BCUT2D eigenvalue weighted by Gasteiger charge is -2.25. The first-order valence-corrected chi connectivity index (χ1v) is 5.73. The first-order valence-electron chi connectivity index (χ1n) is 5.73. The molecule has 7 heteroatoms. The highest BCUT2D eigenvalue weighted by atomic mass is 19.1. The quantitative estimate of drug-likeness (QED) is 0.863. The van der Waals surface area contributed by atoms with Crippen LogP contribution in [0.4, 0.5) is 13.6 Å². The molecule has 5 nitrogen and oxygen atoms in total. The zero-order valence-electron chi connectivity index (χ0n) is 11.3. The Labute approximate surface area is 114 Å². The van der Waals surface area contributed by atoms with Crippen LogP contribution in [0.1, 0.15) is 24.2 Å². The van der Waals surface area contributed by atoms with Gasteiger partial charge in [-0.3, -0.25) is 4.79 Å². The maximum absolute atomic E-state index is 13.4. The molecule has 0 heterocycles. The second kappa shape index (κ2) is 6.31. The number of benzene rings is 1. The zero-order chi connectivity index (χ0) is 15.3. The minimum absolute atomic E-state index is 0.159. The van der Waals surface area contributed by atoms with Crippen molar-refractivity contribution in [3.8, 4) is 0 Å². The Morgan fingerprint density at radius 1 is 1.30 bits per heavy atom. The van der Waals surface area contributed by atoms with Gasteiger partial charge in [-0.15, -0.1) is 0 Å². The van der Waals surface area contributed by atoms with Crippen molar-refractivity contribution in [2.24, 2.45) is 0 Å². The van der Waals surface area contributed by atoms with E-state index >= 15 is 0 Å². The highest BCUT2D eigenvalue weighted by Gasteiger charge is 2.25. The van der Waals surface area contributed by atoms with E-state index in [-0.39, 0.29) is 12.2 Å². The number of rotatable bonds is 4. The van der Waals surface area contributed by atoms with Crippen molar-refractivity contribution in [3.05, 3.63) is 35.4 Å². The molecular formula is C13H15F2NO4. The molecule has 0 unspecified atom stereocenters. The predicted octanol–water partition coefficient (Wildman–Crippen LogP) is 2.26. The molecule has 1 aromatic rings. The van der Waals surface area contributed by atoms with Crippen molar-refractivity contribution in [1.29, 1.82) is 0 Å². The molecule has 110 valence electrons. The predicted molar refractivity (Wildman–Crippen MR) is 66.3 cm³/mol. The van der Waals surface area contributed by atoms with Crippen LogP contribution in [0.25, 0.3) is 0 Å². The number of amides is 1. The second-order valence-corrected chi connectivity index (χ2v) is 4.70. The van der Waals surface area contributed by atoms with Crippen LogP contribution in [0.2, 0.25) is 0 Å². The molecular weight excluding hydrogens is 272 g/mol. The average molecular weight is 287 g/mol. The molecule has 0 radical (unpaired) electrons. The molecule has 0 aliphatic heterocycles. The summed E-state index contributed by atoms with van der Waals surface area (Å²) < 4.78 is 35.2. The van der Waals surface area contributed by atoms with Gasteiger partial charge in [-0.1, -0.05) is 0 Å². The van der Waals surface area contributed by atoms with Crippen LogP contribution in [0.15, 0.2) is 18.2 Å². The van der Waals surface area contributed by atoms with Crippen molar-refractivity contribution >= 4 is 12.1 Å². The van der Waals surface area contributed by atoms with Crippen molar-refractivity contribution < 1.29 is 27.8 Å². The number of hydrogen-bond acceptors (Lipinski definition) is 4. The molecule has 1 aromatic carbocycles. The Balaban J connectivity index is 2.71. The number of nitrogens with one attached hydrogen (secondary N) is 1. The van der Waals surface area contributed by atoms with E-state index in [9.17, 15) is 18.4 Å². The zero-order valence-corrected chi connectivity index (χ0v) is 11.3. The minimum atomic E-state index is -0.966. The molecule has 0 bridgehead atoms. The molecule has 0 saturated heterocycles. The van der Waals surface area contributed by atoms with E-state index < -0.39 is 29.2 Å². The Kier molecular flexibility index (Phi) is 5.01. The van der Waals surface area contributed by atoms with E-state index in [1.807, 2.05) is 0 Å². The molecule has 0 aliphatic carbocycles. The van der Waals surface area contributed by atoms with Crippen LogP contribution in [-0.2, 0) is 9.47 Å². The number of ether oxygens (including phenoxy) is 2. The van der Waals surface area contributed by atoms with Gasteiger partial charge in [0.1, 0.15) is 18.2 Å². The molecule has 20 heavy (non-hydrogen) atoms. The van der Waals surface area contributed by atoms with Crippen LogP contribution in [-0.4, -0.2) is 31.3 Å². The smallest absolute Gasteiger partial charge is 0.438 e. The van der Waals surface area contributed by atoms with Gasteiger partial charge >= 0.3 is 6.16 Å². The van der Waals surface area contributed by atoms with Gasteiger partial charge in [0.25, 0.3) is 5.91 Å². The van der Waals surface area contributed by atoms with Crippen LogP contribution < -0.4 is 5.32 Å². The van der Waals surface area contributed by atoms with Crippen molar-refractivity contribution in [2.75, 3.05) is 13.7 Å². The van der Waals surface area contributed by atoms with Gasteiger partial charge in [-0.05, 0) is 26.0 Å². The fourth-order valence-corrected chi connectivity index (χ4v) is 1.38. The summed E-state index contributed by atoms with van der Waals surface area (Å²) in [6.07, 6.45) is -0.889. The van der Waals surface area contributed by atoms with E-state index in [1.54, 1.807) is 13.8 Å². The van der Waals surface area contributed by atoms with Gasteiger partial charge in [0.2, 0.25) is 0 Å². The summed E-state index contributed by atoms with van der Waals surface area (Å²) in [6, 6.07) is 2.64. The molecule has 0 fully saturated rings. The van der Waals surface area contributed by atoms with Crippen molar-refractivity contribution in [3.63, 3.8) is 0 Å². The highest BCUT2D eigenvalue weighted by Crippen LogP contribution is 2.12. The standard InChI is InChI=1S/C13H15F2NO4/c1-13(2,7-20-12(18)19-3)16-11(17)9-5-4-8(14)6-10(9)15/h4-6H,7H2,1-3H3,(H,16,17). The number of methoxy groups -OCH3 is 1. The van der Waals surface area contributed by atoms with Crippen LogP contribution in [0, 0.1) is 11.6 Å². The van der Waals surface area contributed by atoms with Gasteiger partial charge in [-0.2, -0.15) is 0 Å². The van der Waals surface area contributed by atoms with Gasteiger partial charge < -0.3 is 14.8 Å². The largest absolute Gasteiger partial charge is 0.508 e. The molecule has 1 N–H and O–H groups in total. The first kappa shape index (κ1) is 15.9. The number of carbonyl (C=O) groups excluding carboxylic acids is 2. The Bertz CT molecular complexity index is 517. The van der Waals surface area contributed by atoms with E-state index in [2.05, 4.69) is 10.1 Å². The SMILES string of the molecule is COC(=O)OCC(C)(C)NC(=O)c1ccc(F)cc1F. The molecule has 0 spiro atoms. The first-order chi connectivity index (χ1) is 9.25. The Morgan fingerprint density at radius 3 is 2.50 bits per heavy atom. The van der Waals surface area contributed by atoms with E-state index in [0.717, 1.165) is 19.2 Å². The maximum Gasteiger partial charge on any atom is 0.508 e. The number of hydrogen-bond donors (Lipinski definition) is 1. The summed E-state index contributed by atoms with van der Waals surface area (Å²) in [5.74, 6) is -2.47. The van der Waals surface area contributed by atoms with Crippen molar-refractivity contribution in [2.45, 2.75) is 19.4 Å².